The predicted octanol–water partition coefficient (Wildman–Crippen LogP) is 1.67. The fraction of sp³-hybridized carbons (Fsp3) is 0.167. The minimum absolute atomic E-state index is 0.0277. The Hall–Kier alpha value is -3.15. The lowest BCUT2D eigenvalue weighted by Crippen LogP contribution is -2.47. The molecule has 6 heteroatoms. The summed E-state index contributed by atoms with van der Waals surface area (Å²) < 4.78 is 0. The number of hydrogen-bond acceptors (Lipinski definition) is 4. The molecule has 0 unspecified atom stereocenters. The Bertz CT molecular complexity index is 741. The van der Waals surface area contributed by atoms with Crippen molar-refractivity contribution in [3.8, 4) is 0 Å². The van der Waals surface area contributed by atoms with Crippen molar-refractivity contribution < 1.29 is 9.59 Å². The van der Waals surface area contributed by atoms with E-state index in [2.05, 4.69) is 15.6 Å². The van der Waals surface area contributed by atoms with Gasteiger partial charge in [-0.05, 0) is 48.0 Å². The van der Waals surface area contributed by atoms with Gasteiger partial charge in [0, 0.05) is 42.9 Å². The second-order valence-electron chi connectivity index (χ2n) is 5.42. The topological polar surface area (TPSA) is 74.3 Å². The summed E-state index contributed by atoms with van der Waals surface area (Å²) in [6, 6.07) is 11.1. The van der Waals surface area contributed by atoms with Gasteiger partial charge in [0.05, 0.1) is 6.54 Å². The van der Waals surface area contributed by atoms with Crippen LogP contribution in [0.25, 0.3) is 6.08 Å². The quantitative estimate of drug-likeness (QED) is 0.840. The van der Waals surface area contributed by atoms with E-state index in [1.165, 1.54) is 6.08 Å². The van der Waals surface area contributed by atoms with Crippen LogP contribution in [0.3, 0.4) is 0 Å². The summed E-state index contributed by atoms with van der Waals surface area (Å²) in [5, 5.41) is 5.61. The first-order valence-electron chi connectivity index (χ1n) is 7.71. The summed E-state index contributed by atoms with van der Waals surface area (Å²) in [7, 11) is 0. The van der Waals surface area contributed by atoms with Crippen molar-refractivity contribution in [2.45, 2.75) is 0 Å². The minimum atomic E-state index is -0.197. The number of aromatic nitrogens is 1. The van der Waals surface area contributed by atoms with E-state index in [1.54, 1.807) is 18.5 Å². The van der Waals surface area contributed by atoms with E-state index in [-0.39, 0.29) is 11.8 Å². The van der Waals surface area contributed by atoms with Crippen molar-refractivity contribution >= 4 is 29.3 Å². The zero-order chi connectivity index (χ0) is 16.8. The highest BCUT2D eigenvalue weighted by atomic mass is 16.2. The van der Waals surface area contributed by atoms with Crippen molar-refractivity contribution in [3.05, 3.63) is 60.4 Å². The largest absolute Gasteiger partial charge is 0.360 e. The standard InChI is InChI=1S/C18H18N4O2/c23-17(6-1-14-7-9-19-10-8-14)21-15-2-4-16(5-3-15)22-12-11-20-18(24)13-22/h1-10H,11-13H2,(H,20,24)(H,21,23)/b6-1+. The Kier molecular flexibility index (Phi) is 4.86. The van der Waals surface area contributed by atoms with E-state index in [9.17, 15) is 9.59 Å². The highest BCUT2D eigenvalue weighted by molar-refractivity contribution is 6.02. The SMILES string of the molecule is O=C(/C=C/c1ccncc1)Nc1ccc(N2CCNC(=O)C2)cc1. The summed E-state index contributed by atoms with van der Waals surface area (Å²) in [5.41, 5.74) is 2.60. The zero-order valence-corrected chi connectivity index (χ0v) is 13.1. The smallest absolute Gasteiger partial charge is 0.248 e. The molecule has 0 bridgehead atoms. The third-order valence-electron chi connectivity index (χ3n) is 3.67. The number of anilines is 2. The van der Waals surface area contributed by atoms with Crippen LogP contribution in [0.2, 0.25) is 0 Å². The van der Waals surface area contributed by atoms with Gasteiger partial charge < -0.3 is 15.5 Å². The van der Waals surface area contributed by atoms with Gasteiger partial charge >= 0.3 is 0 Å². The Morgan fingerprint density at radius 2 is 1.92 bits per heavy atom. The highest BCUT2D eigenvalue weighted by Crippen LogP contribution is 2.18. The first-order chi connectivity index (χ1) is 11.7. The fourth-order valence-electron chi connectivity index (χ4n) is 2.44. The third-order valence-corrected chi connectivity index (χ3v) is 3.67. The highest BCUT2D eigenvalue weighted by Gasteiger charge is 2.16. The van der Waals surface area contributed by atoms with Gasteiger partial charge in [-0.3, -0.25) is 14.6 Å². The number of pyridine rings is 1. The van der Waals surface area contributed by atoms with Crippen LogP contribution in [0.15, 0.2) is 54.9 Å². The molecule has 24 heavy (non-hydrogen) atoms. The lowest BCUT2D eigenvalue weighted by atomic mass is 10.2. The summed E-state index contributed by atoms with van der Waals surface area (Å²) >= 11 is 0. The molecule has 122 valence electrons. The molecule has 2 aromatic rings. The summed E-state index contributed by atoms with van der Waals surface area (Å²) in [6.45, 7) is 1.80. The number of carbonyl (C=O) groups is 2. The Morgan fingerprint density at radius 3 is 2.62 bits per heavy atom. The van der Waals surface area contributed by atoms with Crippen molar-refractivity contribution in [2.75, 3.05) is 29.9 Å². The number of hydrogen-bond donors (Lipinski definition) is 2. The molecule has 2 amide bonds. The molecule has 2 N–H and O–H groups in total. The Balaban J connectivity index is 1.58. The van der Waals surface area contributed by atoms with Crippen LogP contribution < -0.4 is 15.5 Å². The molecular weight excluding hydrogens is 304 g/mol. The molecule has 3 rings (SSSR count). The van der Waals surface area contributed by atoms with Gasteiger partial charge in [0.25, 0.3) is 0 Å². The monoisotopic (exact) mass is 322 g/mol. The van der Waals surface area contributed by atoms with Gasteiger partial charge in [-0.25, -0.2) is 0 Å². The van der Waals surface area contributed by atoms with Crippen molar-refractivity contribution in [1.82, 2.24) is 10.3 Å². The van der Waals surface area contributed by atoms with E-state index in [0.717, 1.165) is 17.8 Å². The van der Waals surface area contributed by atoms with Crippen LogP contribution in [0.5, 0.6) is 0 Å². The molecule has 1 aliphatic rings. The normalized spacial score (nSPS) is 14.5. The van der Waals surface area contributed by atoms with Crippen molar-refractivity contribution in [3.63, 3.8) is 0 Å². The molecule has 0 atom stereocenters. The molecule has 1 aromatic heterocycles. The van der Waals surface area contributed by atoms with E-state index < -0.39 is 0 Å². The number of nitrogens with one attached hydrogen (secondary N) is 2. The molecule has 2 heterocycles. The maximum atomic E-state index is 11.9. The summed E-state index contributed by atoms with van der Waals surface area (Å²) in [4.78, 5) is 29.3. The lowest BCUT2D eigenvalue weighted by molar-refractivity contribution is -0.120. The first-order valence-corrected chi connectivity index (χ1v) is 7.71. The van der Waals surface area contributed by atoms with Crippen molar-refractivity contribution in [1.29, 1.82) is 0 Å². The summed E-state index contributed by atoms with van der Waals surface area (Å²) in [5.74, 6) is -0.170. The molecule has 0 aliphatic carbocycles. The van der Waals surface area contributed by atoms with E-state index in [1.807, 2.05) is 41.3 Å². The van der Waals surface area contributed by atoms with Crippen LogP contribution in [-0.2, 0) is 9.59 Å². The predicted molar refractivity (Wildman–Crippen MR) is 93.6 cm³/mol. The molecule has 0 saturated carbocycles. The van der Waals surface area contributed by atoms with Crippen LogP contribution in [0.1, 0.15) is 5.56 Å². The first kappa shape index (κ1) is 15.7. The van der Waals surface area contributed by atoms with E-state index in [0.29, 0.717) is 18.8 Å². The second-order valence-corrected chi connectivity index (χ2v) is 5.42. The maximum Gasteiger partial charge on any atom is 0.248 e. The van der Waals surface area contributed by atoms with E-state index in [4.69, 9.17) is 0 Å². The lowest BCUT2D eigenvalue weighted by Gasteiger charge is -2.28. The van der Waals surface area contributed by atoms with Gasteiger partial charge in [0.15, 0.2) is 0 Å². The number of benzene rings is 1. The summed E-state index contributed by atoms with van der Waals surface area (Å²) in [6.07, 6.45) is 6.57. The molecule has 6 nitrogen and oxygen atoms in total. The van der Waals surface area contributed by atoms with Gasteiger partial charge in [-0.1, -0.05) is 0 Å². The van der Waals surface area contributed by atoms with Crippen LogP contribution in [-0.4, -0.2) is 36.4 Å². The maximum absolute atomic E-state index is 11.9. The van der Waals surface area contributed by atoms with Gasteiger partial charge in [-0.2, -0.15) is 0 Å². The third kappa shape index (κ3) is 4.19. The molecule has 0 radical (unpaired) electrons. The van der Waals surface area contributed by atoms with Crippen LogP contribution >= 0.6 is 0 Å². The van der Waals surface area contributed by atoms with Gasteiger partial charge in [0.1, 0.15) is 0 Å². The minimum Gasteiger partial charge on any atom is -0.360 e. The van der Waals surface area contributed by atoms with Gasteiger partial charge in [0.2, 0.25) is 11.8 Å². The Morgan fingerprint density at radius 1 is 1.17 bits per heavy atom. The number of carbonyl (C=O) groups excluding carboxylic acids is 2. The number of nitrogens with zero attached hydrogens (tertiary/aromatic N) is 2. The van der Waals surface area contributed by atoms with Crippen LogP contribution in [0.4, 0.5) is 11.4 Å². The molecular formula is C18H18N4O2. The van der Waals surface area contributed by atoms with E-state index >= 15 is 0 Å². The van der Waals surface area contributed by atoms with Crippen LogP contribution in [0, 0.1) is 0 Å². The van der Waals surface area contributed by atoms with Gasteiger partial charge in [-0.15, -0.1) is 0 Å². The fourth-order valence-corrected chi connectivity index (χ4v) is 2.44. The average Bonchev–Trinajstić information content (AvgIpc) is 2.61. The Labute approximate surface area is 140 Å². The molecule has 1 aromatic carbocycles. The number of amides is 2. The molecule has 1 aliphatic heterocycles. The molecule has 1 fully saturated rings. The number of rotatable bonds is 4. The molecule has 1 saturated heterocycles. The second kappa shape index (κ2) is 7.41. The molecule has 0 spiro atoms. The number of piperazine rings is 1. The van der Waals surface area contributed by atoms with Crippen molar-refractivity contribution in [2.24, 2.45) is 0 Å². The zero-order valence-electron chi connectivity index (χ0n) is 13.1. The average molecular weight is 322 g/mol.